The van der Waals surface area contributed by atoms with Crippen LogP contribution >= 0.6 is 35.6 Å². The van der Waals surface area contributed by atoms with Gasteiger partial charge in [-0.1, -0.05) is 29.3 Å². The van der Waals surface area contributed by atoms with E-state index < -0.39 is 10.0 Å². The Hall–Kier alpha value is -0.570. The van der Waals surface area contributed by atoms with Gasteiger partial charge in [0.25, 0.3) is 0 Å². The van der Waals surface area contributed by atoms with Gasteiger partial charge >= 0.3 is 0 Å². The topological polar surface area (TPSA) is 69.7 Å². The normalized spacial score (nSPS) is 15.4. The first-order chi connectivity index (χ1) is 10.3. The van der Waals surface area contributed by atoms with Crippen LogP contribution in [-0.4, -0.2) is 63.3 Å². The molecule has 0 atom stereocenters. The third kappa shape index (κ3) is 4.71. The second-order valence-corrected chi connectivity index (χ2v) is 7.74. The largest absolute Gasteiger partial charge is 0.339 e. The Bertz CT molecular complexity index is 643. The van der Waals surface area contributed by atoms with E-state index in [0.717, 1.165) is 4.31 Å². The number of sulfonamides is 1. The summed E-state index contributed by atoms with van der Waals surface area (Å²) in [7, 11) is -2.59. The van der Waals surface area contributed by atoms with Gasteiger partial charge < -0.3 is 10.2 Å². The van der Waals surface area contributed by atoms with Crippen LogP contribution in [0.4, 0.5) is 0 Å². The fraction of sp³-hybridized carbons (Fsp3) is 0.462. The summed E-state index contributed by atoms with van der Waals surface area (Å²) in [5.74, 6) is -0.240. The van der Waals surface area contributed by atoms with E-state index in [4.69, 9.17) is 23.2 Å². The predicted molar refractivity (Wildman–Crippen MR) is 93.0 cm³/mol. The molecule has 23 heavy (non-hydrogen) atoms. The van der Waals surface area contributed by atoms with Crippen molar-refractivity contribution in [3.8, 4) is 0 Å². The Morgan fingerprint density at radius 3 is 2.30 bits per heavy atom. The van der Waals surface area contributed by atoms with Crippen LogP contribution in [0.2, 0.25) is 10.0 Å². The second-order valence-electron chi connectivity index (χ2n) is 4.94. The number of halogens is 3. The second kappa shape index (κ2) is 8.50. The maximum Gasteiger partial charge on any atom is 0.246 e. The minimum Gasteiger partial charge on any atom is -0.339 e. The molecule has 1 aromatic carbocycles. The highest BCUT2D eigenvalue weighted by Gasteiger charge is 2.29. The summed E-state index contributed by atoms with van der Waals surface area (Å²) in [5, 5.41) is 3.21. The highest BCUT2D eigenvalue weighted by Crippen LogP contribution is 2.30. The minimum absolute atomic E-state index is 0. The van der Waals surface area contributed by atoms with Gasteiger partial charge in [0.1, 0.15) is 4.90 Å². The number of benzene rings is 1. The lowest BCUT2D eigenvalue weighted by atomic mass is 10.3. The van der Waals surface area contributed by atoms with Gasteiger partial charge in [-0.05, 0) is 12.1 Å². The summed E-state index contributed by atoms with van der Waals surface area (Å²) >= 11 is 11.9. The molecular formula is C13H18Cl3N3O3S. The number of piperazine rings is 1. The van der Waals surface area contributed by atoms with E-state index in [-0.39, 0.29) is 39.8 Å². The van der Waals surface area contributed by atoms with Crippen molar-refractivity contribution >= 4 is 51.5 Å². The number of nitrogens with zero attached hydrogens (tertiary/aromatic N) is 2. The minimum atomic E-state index is -3.93. The van der Waals surface area contributed by atoms with E-state index in [1.54, 1.807) is 11.0 Å². The quantitative estimate of drug-likeness (QED) is 0.828. The number of nitrogens with one attached hydrogen (secondary N) is 1. The van der Waals surface area contributed by atoms with Gasteiger partial charge in [-0.2, -0.15) is 4.31 Å². The molecule has 0 aromatic heterocycles. The first-order valence-electron chi connectivity index (χ1n) is 6.73. The molecule has 130 valence electrons. The lowest BCUT2D eigenvalue weighted by Crippen LogP contribution is -2.49. The Morgan fingerprint density at radius 1 is 1.26 bits per heavy atom. The number of rotatable bonds is 4. The molecule has 1 N–H and O–H groups in total. The fourth-order valence-corrected chi connectivity index (χ4v) is 4.38. The van der Waals surface area contributed by atoms with Crippen molar-refractivity contribution in [3.63, 3.8) is 0 Å². The Kier molecular flexibility index (Phi) is 7.57. The fourth-order valence-electron chi connectivity index (χ4n) is 2.17. The van der Waals surface area contributed by atoms with Crippen molar-refractivity contribution in [3.05, 3.63) is 28.2 Å². The Labute approximate surface area is 152 Å². The van der Waals surface area contributed by atoms with Crippen LogP contribution in [-0.2, 0) is 14.8 Å². The first kappa shape index (κ1) is 20.5. The number of carbonyl (C=O) groups is 1. The smallest absolute Gasteiger partial charge is 0.246 e. The number of hydrogen-bond donors (Lipinski definition) is 1. The molecule has 1 fully saturated rings. The summed E-state index contributed by atoms with van der Waals surface area (Å²) < 4.78 is 26.1. The van der Waals surface area contributed by atoms with E-state index in [1.165, 1.54) is 19.2 Å². The summed E-state index contributed by atoms with van der Waals surface area (Å²) in [6, 6.07) is 4.47. The van der Waals surface area contributed by atoms with Crippen LogP contribution in [0.1, 0.15) is 0 Å². The van der Waals surface area contributed by atoms with Crippen molar-refractivity contribution < 1.29 is 13.2 Å². The van der Waals surface area contributed by atoms with Gasteiger partial charge in [-0.15, -0.1) is 12.4 Å². The lowest BCUT2D eigenvalue weighted by Gasteiger charge is -2.29. The molecule has 0 bridgehead atoms. The van der Waals surface area contributed by atoms with Crippen LogP contribution in [0.25, 0.3) is 0 Å². The Balaban J connectivity index is 0.00000264. The maximum absolute atomic E-state index is 12.6. The molecule has 10 heteroatoms. The molecule has 0 aliphatic carbocycles. The van der Waals surface area contributed by atoms with E-state index in [2.05, 4.69) is 5.32 Å². The summed E-state index contributed by atoms with van der Waals surface area (Å²) in [6.45, 7) is 2.31. The zero-order valence-electron chi connectivity index (χ0n) is 12.5. The lowest BCUT2D eigenvalue weighted by molar-refractivity contribution is -0.131. The zero-order chi connectivity index (χ0) is 16.3. The first-order valence-corrected chi connectivity index (χ1v) is 8.92. The molecule has 0 saturated carbocycles. The van der Waals surface area contributed by atoms with Crippen molar-refractivity contribution in [2.45, 2.75) is 4.90 Å². The predicted octanol–water partition coefficient (Wildman–Crippen LogP) is 1.47. The summed E-state index contributed by atoms with van der Waals surface area (Å²) in [4.78, 5) is 13.6. The van der Waals surface area contributed by atoms with E-state index in [0.29, 0.717) is 26.2 Å². The molecule has 0 spiro atoms. The van der Waals surface area contributed by atoms with Crippen LogP contribution in [0.15, 0.2) is 23.1 Å². The van der Waals surface area contributed by atoms with Crippen LogP contribution in [0.3, 0.4) is 0 Å². The monoisotopic (exact) mass is 401 g/mol. The molecule has 1 heterocycles. The van der Waals surface area contributed by atoms with Gasteiger partial charge in [0.05, 0.1) is 16.6 Å². The maximum atomic E-state index is 12.6. The molecule has 6 nitrogen and oxygen atoms in total. The average Bonchev–Trinajstić information content (AvgIpc) is 2.47. The molecule has 1 saturated heterocycles. The molecule has 1 amide bonds. The van der Waals surface area contributed by atoms with Gasteiger partial charge in [-0.25, -0.2) is 8.42 Å². The average molecular weight is 403 g/mol. The number of hydrogen-bond acceptors (Lipinski definition) is 4. The standard InChI is InChI=1S/C13H17Cl2N3O3S.ClH/c1-17(9-12(19)18-7-5-16-6-8-18)22(20,21)13-10(14)3-2-4-11(13)15;/h2-4,16H,5-9H2,1H3;1H. The third-order valence-electron chi connectivity index (χ3n) is 3.41. The summed E-state index contributed by atoms with van der Waals surface area (Å²) in [6.07, 6.45) is 0. The Morgan fingerprint density at radius 2 is 1.78 bits per heavy atom. The van der Waals surface area contributed by atoms with Gasteiger partial charge in [0, 0.05) is 33.2 Å². The zero-order valence-corrected chi connectivity index (χ0v) is 15.6. The SMILES string of the molecule is CN(CC(=O)N1CCNCC1)S(=O)(=O)c1c(Cl)cccc1Cl.Cl. The van der Waals surface area contributed by atoms with Crippen LogP contribution in [0, 0.1) is 0 Å². The molecule has 1 aromatic rings. The van der Waals surface area contributed by atoms with Gasteiger partial charge in [0.15, 0.2) is 0 Å². The van der Waals surface area contributed by atoms with E-state index in [1.807, 2.05) is 0 Å². The molecule has 0 unspecified atom stereocenters. The molecule has 2 rings (SSSR count). The number of likely N-dealkylation sites (N-methyl/N-ethyl adjacent to an activating group) is 1. The summed E-state index contributed by atoms with van der Waals surface area (Å²) in [5.41, 5.74) is 0. The third-order valence-corrected chi connectivity index (χ3v) is 6.17. The highest BCUT2D eigenvalue weighted by atomic mass is 35.5. The van der Waals surface area contributed by atoms with Crippen LogP contribution in [0.5, 0.6) is 0 Å². The van der Waals surface area contributed by atoms with Crippen LogP contribution < -0.4 is 5.32 Å². The van der Waals surface area contributed by atoms with Crippen molar-refractivity contribution in [2.75, 3.05) is 39.8 Å². The molecule has 0 radical (unpaired) electrons. The molecular weight excluding hydrogens is 385 g/mol. The van der Waals surface area contributed by atoms with E-state index in [9.17, 15) is 13.2 Å². The highest BCUT2D eigenvalue weighted by molar-refractivity contribution is 7.89. The van der Waals surface area contributed by atoms with Crippen molar-refractivity contribution in [2.24, 2.45) is 0 Å². The van der Waals surface area contributed by atoms with Crippen molar-refractivity contribution in [1.82, 2.24) is 14.5 Å². The number of carbonyl (C=O) groups excluding carboxylic acids is 1. The van der Waals surface area contributed by atoms with Crippen molar-refractivity contribution in [1.29, 1.82) is 0 Å². The molecule has 1 aliphatic heterocycles. The molecule has 1 aliphatic rings. The van der Waals surface area contributed by atoms with Gasteiger partial charge in [0.2, 0.25) is 15.9 Å². The number of amides is 1. The van der Waals surface area contributed by atoms with E-state index >= 15 is 0 Å². The van der Waals surface area contributed by atoms with Gasteiger partial charge in [-0.3, -0.25) is 4.79 Å².